The second-order valence-electron chi connectivity index (χ2n) is 3.82. The maximum Gasteiger partial charge on any atom is 0.178 e. The molecule has 0 spiro atoms. The monoisotopic (exact) mass is 204 g/mol. The standard InChI is InChI=1S/C13H16O2/c1-10-11(2)15-13(14-10)9-8-12-6-4-3-5-7-12/h3-11,13H,1-2H3/b9-8+. The molecule has 1 heterocycles. The highest BCUT2D eigenvalue weighted by molar-refractivity contribution is 5.49. The minimum absolute atomic E-state index is 0.176. The van der Waals surface area contributed by atoms with E-state index in [1.165, 1.54) is 0 Å². The largest absolute Gasteiger partial charge is 0.343 e. The van der Waals surface area contributed by atoms with Crippen LogP contribution in [0.1, 0.15) is 19.4 Å². The lowest BCUT2D eigenvalue weighted by atomic mass is 10.2. The second-order valence-corrected chi connectivity index (χ2v) is 3.82. The van der Waals surface area contributed by atoms with Crippen molar-refractivity contribution >= 4 is 6.08 Å². The van der Waals surface area contributed by atoms with Crippen LogP contribution in [0.25, 0.3) is 6.08 Å². The van der Waals surface area contributed by atoms with Gasteiger partial charge in [-0.25, -0.2) is 0 Å². The van der Waals surface area contributed by atoms with Crippen LogP contribution in [-0.4, -0.2) is 18.5 Å². The fourth-order valence-corrected chi connectivity index (χ4v) is 1.52. The summed E-state index contributed by atoms with van der Waals surface area (Å²) in [6, 6.07) is 10.1. The lowest BCUT2D eigenvalue weighted by molar-refractivity contribution is -0.0237. The van der Waals surface area contributed by atoms with E-state index < -0.39 is 0 Å². The van der Waals surface area contributed by atoms with Crippen LogP contribution in [0.15, 0.2) is 36.4 Å². The van der Waals surface area contributed by atoms with Gasteiger partial charge in [0.1, 0.15) is 0 Å². The summed E-state index contributed by atoms with van der Waals surface area (Å²) in [5, 5.41) is 0. The molecule has 1 aromatic rings. The summed E-state index contributed by atoms with van der Waals surface area (Å²) in [7, 11) is 0. The molecular weight excluding hydrogens is 188 g/mol. The van der Waals surface area contributed by atoms with Gasteiger partial charge in [0, 0.05) is 0 Å². The molecule has 0 N–H and O–H groups in total. The number of hydrogen-bond acceptors (Lipinski definition) is 2. The van der Waals surface area contributed by atoms with Gasteiger partial charge in [0.2, 0.25) is 0 Å². The van der Waals surface area contributed by atoms with Gasteiger partial charge in [-0.05, 0) is 25.5 Å². The third-order valence-electron chi connectivity index (χ3n) is 2.60. The minimum atomic E-state index is -0.199. The zero-order chi connectivity index (χ0) is 10.7. The lowest BCUT2D eigenvalue weighted by Crippen LogP contribution is -2.13. The Labute approximate surface area is 90.5 Å². The zero-order valence-corrected chi connectivity index (χ0v) is 9.09. The average molecular weight is 204 g/mol. The predicted octanol–water partition coefficient (Wildman–Crippen LogP) is 2.85. The molecule has 2 heteroatoms. The lowest BCUT2D eigenvalue weighted by Gasteiger charge is -2.02. The third-order valence-corrected chi connectivity index (χ3v) is 2.60. The molecule has 1 aromatic carbocycles. The molecule has 2 atom stereocenters. The van der Waals surface area contributed by atoms with Crippen molar-refractivity contribution in [1.29, 1.82) is 0 Å². The Kier molecular flexibility index (Phi) is 3.19. The van der Waals surface area contributed by atoms with E-state index in [-0.39, 0.29) is 18.5 Å². The van der Waals surface area contributed by atoms with Crippen molar-refractivity contribution in [3.05, 3.63) is 42.0 Å². The van der Waals surface area contributed by atoms with Gasteiger partial charge in [-0.2, -0.15) is 0 Å². The van der Waals surface area contributed by atoms with Crippen molar-refractivity contribution in [3.63, 3.8) is 0 Å². The molecule has 15 heavy (non-hydrogen) atoms. The van der Waals surface area contributed by atoms with Crippen molar-refractivity contribution in [2.75, 3.05) is 0 Å². The molecular formula is C13H16O2. The van der Waals surface area contributed by atoms with Crippen LogP contribution in [0.3, 0.4) is 0 Å². The summed E-state index contributed by atoms with van der Waals surface area (Å²) in [5.74, 6) is 0. The summed E-state index contributed by atoms with van der Waals surface area (Å²) >= 11 is 0. The van der Waals surface area contributed by atoms with Gasteiger partial charge in [0.25, 0.3) is 0 Å². The van der Waals surface area contributed by atoms with Crippen LogP contribution in [0.2, 0.25) is 0 Å². The molecule has 2 unspecified atom stereocenters. The molecule has 1 aliphatic heterocycles. The molecule has 80 valence electrons. The van der Waals surface area contributed by atoms with E-state index >= 15 is 0 Å². The van der Waals surface area contributed by atoms with Gasteiger partial charge in [0.05, 0.1) is 12.2 Å². The van der Waals surface area contributed by atoms with E-state index in [1.54, 1.807) is 0 Å². The maximum absolute atomic E-state index is 5.59. The Balaban J connectivity index is 1.96. The van der Waals surface area contributed by atoms with Crippen LogP contribution in [0.4, 0.5) is 0 Å². The SMILES string of the molecule is CC1OC(/C=C/c2ccccc2)OC1C. The second kappa shape index (κ2) is 4.60. The summed E-state index contributed by atoms with van der Waals surface area (Å²) < 4.78 is 11.2. The van der Waals surface area contributed by atoms with Crippen LogP contribution >= 0.6 is 0 Å². The maximum atomic E-state index is 5.59. The molecule has 1 aliphatic rings. The van der Waals surface area contributed by atoms with E-state index in [0.29, 0.717) is 0 Å². The van der Waals surface area contributed by atoms with Crippen LogP contribution in [0, 0.1) is 0 Å². The summed E-state index contributed by atoms with van der Waals surface area (Å²) in [6.45, 7) is 4.06. The van der Waals surface area contributed by atoms with Crippen LogP contribution in [-0.2, 0) is 9.47 Å². The summed E-state index contributed by atoms with van der Waals surface area (Å²) in [5.41, 5.74) is 1.16. The fourth-order valence-electron chi connectivity index (χ4n) is 1.52. The minimum Gasteiger partial charge on any atom is -0.343 e. The molecule has 2 rings (SSSR count). The third kappa shape index (κ3) is 2.67. The normalized spacial score (nSPS) is 31.2. The molecule has 1 fully saturated rings. The molecule has 0 amide bonds. The number of hydrogen-bond donors (Lipinski definition) is 0. The van der Waals surface area contributed by atoms with E-state index in [4.69, 9.17) is 9.47 Å². The van der Waals surface area contributed by atoms with Gasteiger partial charge in [-0.15, -0.1) is 0 Å². The zero-order valence-electron chi connectivity index (χ0n) is 9.09. The van der Waals surface area contributed by atoms with Gasteiger partial charge in [0.15, 0.2) is 6.29 Å². The molecule has 0 radical (unpaired) electrons. The van der Waals surface area contributed by atoms with Crippen molar-refractivity contribution in [1.82, 2.24) is 0 Å². The van der Waals surface area contributed by atoms with Crippen molar-refractivity contribution in [2.45, 2.75) is 32.3 Å². The van der Waals surface area contributed by atoms with E-state index in [0.717, 1.165) is 5.56 Å². The first kappa shape index (κ1) is 10.4. The highest BCUT2D eigenvalue weighted by Crippen LogP contribution is 2.19. The van der Waals surface area contributed by atoms with Crippen LogP contribution in [0.5, 0.6) is 0 Å². The Bertz CT molecular complexity index is 322. The summed E-state index contributed by atoms with van der Waals surface area (Å²) in [6.07, 6.45) is 4.13. The molecule has 1 saturated heterocycles. The van der Waals surface area contributed by atoms with E-state index in [2.05, 4.69) is 12.1 Å². The van der Waals surface area contributed by atoms with Crippen molar-refractivity contribution < 1.29 is 9.47 Å². The van der Waals surface area contributed by atoms with E-state index in [1.807, 2.05) is 44.2 Å². The van der Waals surface area contributed by atoms with Gasteiger partial charge >= 0.3 is 0 Å². The Morgan fingerprint density at radius 3 is 2.20 bits per heavy atom. The number of rotatable bonds is 2. The average Bonchev–Trinajstić information content (AvgIpc) is 2.57. The van der Waals surface area contributed by atoms with E-state index in [9.17, 15) is 0 Å². The first-order valence-corrected chi connectivity index (χ1v) is 5.30. The first-order valence-electron chi connectivity index (χ1n) is 5.30. The highest BCUT2D eigenvalue weighted by Gasteiger charge is 2.27. The van der Waals surface area contributed by atoms with Gasteiger partial charge in [-0.1, -0.05) is 36.4 Å². The Morgan fingerprint density at radius 1 is 1.00 bits per heavy atom. The Morgan fingerprint density at radius 2 is 1.60 bits per heavy atom. The Hall–Kier alpha value is -1.12. The smallest absolute Gasteiger partial charge is 0.178 e. The highest BCUT2D eigenvalue weighted by atomic mass is 16.7. The molecule has 0 bridgehead atoms. The molecule has 0 saturated carbocycles. The topological polar surface area (TPSA) is 18.5 Å². The van der Waals surface area contributed by atoms with Gasteiger partial charge in [-0.3, -0.25) is 0 Å². The molecule has 0 aliphatic carbocycles. The fraction of sp³-hybridized carbons (Fsp3) is 0.385. The number of ether oxygens (including phenoxy) is 2. The predicted molar refractivity (Wildman–Crippen MR) is 60.4 cm³/mol. The quantitative estimate of drug-likeness (QED) is 0.737. The molecule has 0 aromatic heterocycles. The van der Waals surface area contributed by atoms with Crippen molar-refractivity contribution in [3.8, 4) is 0 Å². The summed E-state index contributed by atoms with van der Waals surface area (Å²) in [4.78, 5) is 0. The molecule has 2 nitrogen and oxygen atoms in total. The number of benzene rings is 1. The first-order chi connectivity index (χ1) is 7.25. The van der Waals surface area contributed by atoms with Gasteiger partial charge < -0.3 is 9.47 Å². The van der Waals surface area contributed by atoms with Crippen molar-refractivity contribution in [2.24, 2.45) is 0 Å². The van der Waals surface area contributed by atoms with Crippen LogP contribution < -0.4 is 0 Å².